The summed E-state index contributed by atoms with van der Waals surface area (Å²) in [5.41, 5.74) is 0.643. The molecule has 0 spiro atoms. The molecule has 0 aliphatic heterocycles. The maximum atomic E-state index is 12.5. The molecule has 0 aliphatic carbocycles. The molecule has 0 fully saturated rings. The summed E-state index contributed by atoms with van der Waals surface area (Å²) >= 11 is 1.15. The van der Waals surface area contributed by atoms with E-state index < -0.39 is 31.1 Å². The summed E-state index contributed by atoms with van der Waals surface area (Å²) in [6.07, 6.45) is -5.59. The third-order valence-corrected chi connectivity index (χ3v) is 4.39. The van der Waals surface area contributed by atoms with Crippen molar-refractivity contribution < 1.29 is 23.8 Å². The number of amides is 1. The standard InChI is InChI=1S/C15H18F2N2O3S/c1-2-7-19(8-11(16)17)15(22)13(21)12(20)14-18-9-5-3-4-6-10(9)23-14/h3-6,11-13,20-21H,2,7-8H2,1H3. The van der Waals surface area contributed by atoms with Gasteiger partial charge < -0.3 is 15.1 Å². The normalized spacial score (nSPS) is 14.2. The van der Waals surface area contributed by atoms with Gasteiger partial charge in [0.25, 0.3) is 12.3 Å². The van der Waals surface area contributed by atoms with E-state index in [4.69, 9.17) is 0 Å². The molecule has 1 aromatic carbocycles. The fourth-order valence-corrected chi connectivity index (χ4v) is 3.19. The van der Waals surface area contributed by atoms with E-state index in [2.05, 4.69) is 4.98 Å². The topological polar surface area (TPSA) is 73.7 Å². The minimum absolute atomic E-state index is 0.0901. The molecule has 1 heterocycles. The first-order valence-corrected chi connectivity index (χ1v) is 8.04. The number of alkyl halides is 2. The number of hydrogen-bond donors (Lipinski definition) is 2. The van der Waals surface area contributed by atoms with Crippen LogP contribution in [-0.2, 0) is 4.79 Å². The van der Waals surface area contributed by atoms with Crippen molar-refractivity contribution in [3.05, 3.63) is 29.3 Å². The first-order valence-electron chi connectivity index (χ1n) is 7.22. The van der Waals surface area contributed by atoms with Gasteiger partial charge in [0.2, 0.25) is 0 Å². The van der Waals surface area contributed by atoms with E-state index in [-0.39, 0.29) is 11.6 Å². The molecular weight excluding hydrogens is 326 g/mol. The summed E-state index contributed by atoms with van der Waals surface area (Å²) in [7, 11) is 0. The van der Waals surface area contributed by atoms with Crippen LogP contribution in [-0.4, -0.2) is 51.6 Å². The highest BCUT2D eigenvalue weighted by Gasteiger charge is 2.32. The number of para-hydroxylation sites is 1. The minimum Gasteiger partial charge on any atom is -0.383 e. The van der Waals surface area contributed by atoms with Crippen molar-refractivity contribution in [1.82, 2.24) is 9.88 Å². The van der Waals surface area contributed by atoms with Gasteiger partial charge in [0.05, 0.1) is 16.8 Å². The number of aliphatic hydroxyl groups excluding tert-OH is 2. The second-order valence-corrected chi connectivity index (χ2v) is 6.15. The third kappa shape index (κ3) is 4.21. The molecule has 2 atom stereocenters. The van der Waals surface area contributed by atoms with Gasteiger partial charge in [0.15, 0.2) is 6.10 Å². The Hall–Kier alpha value is -1.64. The molecule has 1 amide bonds. The zero-order valence-corrected chi connectivity index (χ0v) is 13.3. The number of nitrogens with zero attached hydrogens (tertiary/aromatic N) is 2. The van der Waals surface area contributed by atoms with Crippen LogP contribution in [0.2, 0.25) is 0 Å². The van der Waals surface area contributed by atoms with E-state index in [0.29, 0.717) is 11.9 Å². The highest BCUT2D eigenvalue weighted by molar-refractivity contribution is 7.18. The van der Waals surface area contributed by atoms with Crippen molar-refractivity contribution in [1.29, 1.82) is 0 Å². The third-order valence-electron chi connectivity index (χ3n) is 3.28. The van der Waals surface area contributed by atoms with Gasteiger partial charge in [-0.05, 0) is 18.6 Å². The Kier molecular flexibility index (Phi) is 5.97. The molecule has 0 aliphatic rings. The molecule has 2 rings (SSSR count). The zero-order chi connectivity index (χ0) is 17.0. The van der Waals surface area contributed by atoms with Crippen LogP contribution in [0.4, 0.5) is 8.78 Å². The Morgan fingerprint density at radius 1 is 1.35 bits per heavy atom. The Morgan fingerprint density at radius 2 is 2.04 bits per heavy atom. The molecule has 23 heavy (non-hydrogen) atoms. The predicted octanol–water partition coefficient (Wildman–Crippen LogP) is 2.19. The molecule has 8 heteroatoms. The van der Waals surface area contributed by atoms with Crippen molar-refractivity contribution in [2.24, 2.45) is 0 Å². The average molecular weight is 344 g/mol. The maximum absolute atomic E-state index is 12.5. The fourth-order valence-electron chi connectivity index (χ4n) is 2.20. The largest absolute Gasteiger partial charge is 0.383 e. The quantitative estimate of drug-likeness (QED) is 0.808. The molecule has 0 saturated heterocycles. The summed E-state index contributed by atoms with van der Waals surface area (Å²) in [6.45, 7) is 1.06. The van der Waals surface area contributed by atoms with Gasteiger partial charge in [0, 0.05) is 6.54 Å². The summed E-state index contributed by atoms with van der Waals surface area (Å²) < 4.78 is 25.9. The van der Waals surface area contributed by atoms with E-state index in [1.54, 1.807) is 25.1 Å². The number of carbonyl (C=O) groups excluding carboxylic acids is 1. The minimum atomic E-state index is -2.70. The number of thiazole rings is 1. The summed E-state index contributed by atoms with van der Waals surface area (Å²) in [6, 6.07) is 7.14. The van der Waals surface area contributed by atoms with Gasteiger partial charge in [-0.3, -0.25) is 4.79 Å². The van der Waals surface area contributed by atoms with Crippen LogP contribution in [0.3, 0.4) is 0 Å². The van der Waals surface area contributed by atoms with Crippen molar-refractivity contribution in [2.75, 3.05) is 13.1 Å². The van der Waals surface area contributed by atoms with Crippen LogP contribution in [0.1, 0.15) is 24.5 Å². The van der Waals surface area contributed by atoms with Crippen LogP contribution in [0, 0.1) is 0 Å². The maximum Gasteiger partial charge on any atom is 0.255 e. The Labute approximate surface area is 136 Å². The Morgan fingerprint density at radius 3 is 2.65 bits per heavy atom. The van der Waals surface area contributed by atoms with Crippen LogP contribution < -0.4 is 0 Å². The second-order valence-electron chi connectivity index (χ2n) is 5.08. The number of carbonyl (C=O) groups is 1. The summed E-state index contributed by atoms with van der Waals surface area (Å²) in [5, 5.41) is 20.4. The van der Waals surface area contributed by atoms with E-state index in [0.717, 1.165) is 20.9 Å². The molecule has 0 saturated carbocycles. The number of hydrogen-bond acceptors (Lipinski definition) is 5. The van der Waals surface area contributed by atoms with Gasteiger partial charge in [-0.1, -0.05) is 19.1 Å². The van der Waals surface area contributed by atoms with Crippen molar-refractivity contribution in [2.45, 2.75) is 32.0 Å². The molecule has 0 radical (unpaired) electrons. The lowest BCUT2D eigenvalue weighted by molar-refractivity contribution is -0.148. The van der Waals surface area contributed by atoms with Gasteiger partial charge in [0.1, 0.15) is 11.1 Å². The Bertz CT molecular complexity index is 632. The molecule has 2 aromatic rings. The van der Waals surface area contributed by atoms with Gasteiger partial charge in [-0.15, -0.1) is 11.3 Å². The Balaban J connectivity index is 2.16. The molecule has 5 nitrogen and oxygen atoms in total. The number of fused-ring (bicyclic) bond motifs is 1. The average Bonchev–Trinajstić information content (AvgIpc) is 2.96. The fraction of sp³-hybridized carbons (Fsp3) is 0.467. The van der Waals surface area contributed by atoms with E-state index in [1.807, 2.05) is 6.07 Å². The van der Waals surface area contributed by atoms with Crippen molar-refractivity contribution >= 4 is 27.5 Å². The van der Waals surface area contributed by atoms with Gasteiger partial charge in [-0.25, -0.2) is 13.8 Å². The number of aromatic nitrogens is 1. The van der Waals surface area contributed by atoms with E-state index >= 15 is 0 Å². The zero-order valence-electron chi connectivity index (χ0n) is 12.5. The van der Waals surface area contributed by atoms with Crippen molar-refractivity contribution in [3.8, 4) is 0 Å². The molecule has 1 aromatic heterocycles. The lowest BCUT2D eigenvalue weighted by atomic mass is 10.1. The van der Waals surface area contributed by atoms with Gasteiger partial charge >= 0.3 is 0 Å². The van der Waals surface area contributed by atoms with Crippen LogP contribution in [0.15, 0.2) is 24.3 Å². The highest BCUT2D eigenvalue weighted by Crippen LogP contribution is 2.28. The van der Waals surface area contributed by atoms with Crippen molar-refractivity contribution in [3.63, 3.8) is 0 Å². The summed E-state index contributed by atoms with van der Waals surface area (Å²) in [5.74, 6) is -0.918. The van der Waals surface area contributed by atoms with Gasteiger partial charge in [-0.2, -0.15) is 0 Å². The lowest BCUT2D eigenvalue weighted by Gasteiger charge is -2.26. The van der Waals surface area contributed by atoms with Crippen LogP contribution >= 0.6 is 11.3 Å². The molecular formula is C15H18F2N2O3S. The first kappa shape index (κ1) is 17.7. The van der Waals surface area contributed by atoms with E-state index in [9.17, 15) is 23.8 Å². The van der Waals surface area contributed by atoms with Crippen LogP contribution in [0.5, 0.6) is 0 Å². The molecule has 2 N–H and O–H groups in total. The number of aliphatic hydroxyl groups is 2. The summed E-state index contributed by atoms with van der Waals surface area (Å²) in [4.78, 5) is 17.2. The predicted molar refractivity (Wildman–Crippen MR) is 83.5 cm³/mol. The van der Waals surface area contributed by atoms with E-state index in [1.165, 1.54) is 0 Å². The molecule has 2 unspecified atom stereocenters. The second kappa shape index (κ2) is 7.76. The highest BCUT2D eigenvalue weighted by atomic mass is 32.1. The monoisotopic (exact) mass is 344 g/mol. The molecule has 0 bridgehead atoms. The SMILES string of the molecule is CCCN(CC(F)F)C(=O)C(O)C(O)c1nc2ccccc2s1. The van der Waals surface area contributed by atoms with Crippen LogP contribution in [0.25, 0.3) is 10.2 Å². The number of benzene rings is 1. The molecule has 126 valence electrons. The number of halogens is 2. The smallest absolute Gasteiger partial charge is 0.255 e. The number of rotatable bonds is 7. The lowest BCUT2D eigenvalue weighted by Crippen LogP contribution is -2.44. The first-order chi connectivity index (χ1) is 10.9.